The molecule has 0 radical (unpaired) electrons. The average Bonchev–Trinajstić information content (AvgIpc) is 2.34. The Morgan fingerprint density at radius 1 is 1.26 bits per heavy atom. The van der Waals surface area contributed by atoms with Crippen LogP contribution in [-0.4, -0.2) is 11.0 Å². The van der Waals surface area contributed by atoms with Crippen LogP contribution in [0.2, 0.25) is 0 Å². The molecule has 2 rings (SSSR count). The second-order valence-electron chi connectivity index (χ2n) is 5.45. The molecule has 3 unspecified atom stereocenters. The largest absolute Gasteiger partial charge is 0.416 e. The van der Waals surface area contributed by atoms with Crippen LogP contribution in [0.15, 0.2) is 18.3 Å². The van der Waals surface area contributed by atoms with Crippen LogP contribution in [0.3, 0.4) is 0 Å². The molecular weight excluding hydrogens is 253 g/mol. The third kappa shape index (κ3) is 3.39. The molecule has 1 aliphatic rings. The molecule has 1 N–H and O–H groups in total. The zero-order valence-corrected chi connectivity index (χ0v) is 11.2. The van der Waals surface area contributed by atoms with Gasteiger partial charge < -0.3 is 5.32 Å². The minimum atomic E-state index is -4.31. The minimum absolute atomic E-state index is 0.208. The first-order valence-corrected chi connectivity index (χ1v) is 6.67. The van der Waals surface area contributed by atoms with Gasteiger partial charge in [0.15, 0.2) is 0 Å². The number of anilines is 1. The maximum atomic E-state index is 12.6. The summed E-state index contributed by atoms with van der Waals surface area (Å²) in [7, 11) is 0. The van der Waals surface area contributed by atoms with Crippen molar-refractivity contribution in [2.75, 3.05) is 5.32 Å². The summed E-state index contributed by atoms with van der Waals surface area (Å²) >= 11 is 0. The van der Waals surface area contributed by atoms with Gasteiger partial charge in [0.25, 0.3) is 0 Å². The van der Waals surface area contributed by atoms with E-state index in [0.29, 0.717) is 17.7 Å². The van der Waals surface area contributed by atoms with Crippen LogP contribution < -0.4 is 5.32 Å². The fraction of sp³-hybridized carbons (Fsp3) is 0.643. The molecule has 0 aliphatic heterocycles. The monoisotopic (exact) mass is 272 g/mol. The molecule has 1 aliphatic carbocycles. The molecule has 1 saturated carbocycles. The average molecular weight is 272 g/mol. The van der Waals surface area contributed by atoms with Gasteiger partial charge in [0.05, 0.1) is 5.56 Å². The predicted octanol–water partition coefficient (Wildman–Crippen LogP) is 4.34. The number of nitrogens with zero attached hydrogens (tertiary/aromatic N) is 1. The van der Waals surface area contributed by atoms with Gasteiger partial charge in [-0.05, 0) is 30.4 Å². The fourth-order valence-corrected chi connectivity index (χ4v) is 2.66. The number of halogens is 3. The van der Waals surface area contributed by atoms with Crippen molar-refractivity contribution in [1.82, 2.24) is 4.98 Å². The molecule has 1 heterocycles. The lowest BCUT2D eigenvalue weighted by Crippen LogP contribution is -2.35. The summed E-state index contributed by atoms with van der Waals surface area (Å²) in [5, 5.41) is 3.16. The third-order valence-electron chi connectivity index (χ3n) is 4.13. The van der Waals surface area contributed by atoms with Crippen LogP contribution in [-0.2, 0) is 6.18 Å². The summed E-state index contributed by atoms with van der Waals surface area (Å²) in [6.45, 7) is 4.34. The first kappa shape index (κ1) is 14.2. The van der Waals surface area contributed by atoms with E-state index in [-0.39, 0.29) is 6.04 Å². The number of aromatic nitrogens is 1. The Hall–Kier alpha value is -1.26. The fourth-order valence-electron chi connectivity index (χ4n) is 2.66. The Kier molecular flexibility index (Phi) is 4.02. The van der Waals surface area contributed by atoms with Gasteiger partial charge in [-0.15, -0.1) is 0 Å². The lowest BCUT2D eigenvalue weighted by Gasteiger charge is -2.35. The Bertz CT molecular complexity index is 431. The van der Waals surface area contributed by atoms with Gasteiger partial charge in [-0.3, -0.25) is 0 Å². The van der Waals surface area contributed by atoms with Crippen molar-refractivity contribution in [2.45, 2.75) is 45.3 Å². The van der Waals surface area contributed by atoms with Crippen LogP contribution in [0, 0.1) is 11.8 Å². The van der Waals surface area contributed by atoms with E-state index in [1.807, 2.05) is 0 Å². The second kappa shape index (κ2) is 5.39. The normalized spacial score (nSPS) is 28.2. The first-order valence-electron chi connectivity index (χ1n) is 6.67. The Labute approximate surface area is 111 Å². The number of hydrogen-bond donors (Lipinski definition) is 1. The Morgan fingerprint density at radius 2 is 2.00 bits per heavy atom. The first-order chi connectivity index (χ1) is 8.88. The molecule has 19 heavy (non-hydrogen) atoms. The van der Waals surface area contributed by atoms with Crippen molar-refractivity contribution in [3.8, 4) is 0 Å². The molecule has 0 amide bonds. The van der Waals surface area contributed by atoms with E-state index in [9.17, 15) is 13.2 Å². The highest BCUT2D eigenvalue weighted by atomic mass is 19.4. The van der Waals surface area contributed by atoms with Crippen molar-refractivity contribution in [1.29, 1.82) is 0 Å². The summed E-state index contributed by atoms with van der Waals surface area (Å²) in [6.07, 6.45) is 0.188. The summed E-state index contributed by atoms with van der Waals surface area (Å²) < 4.78 is 37.9. The summed E-state index contributed by atoms with van der Waals surface area (Å²) in [6, 6.07) is 2.30. The Balaban J connectivity index is 2.11. The summed E-state index contributed by atoms with van der Waals surface area (Å²) in [4.78, 5) is 4.00. The smallest absolute Gasteiger partial charge is 0.367 e. The zero-order valence-electron chi connectivity index (χ0n) is 11.2. The Morgan fingerprint density at radius 3 is 2.68 bits per heavy atom. The third-order valence-corrected chi connectivity index (χ3v) is 4.13. The van der Waals surface area contributed by atoms with Crippen LogP contribution >= 0.6 is 0 Å². The molecule has 0 saturated heterocycles. The lowest BCUT2D eigenvalue weighted by atomic mass is 9.78. The van der Waals surface area contributed by atoms with Crippen molar-refractivity contribution in [3.63, 3.8) is 0 Å². The van der Waals surface area contributed by atoms with E-state index in [2.05, 4.69) is 24.1 Å². The van der Waals surface area contributed by atoms with Crippen molar-refractivity contribution >= 4 is 5.82 Å². The summed E-state index contributed by atoms with van der Waals surface area (Å²) in [5.41, 5.74) is -0.651. The highest BCUT2D eigenvalue weighted by molar-refractivity contribution is 5.39. The molecule has 0 aromatic carbocycles. The minimum Gasteiger partial charge on any atom is -0.367 e. The van der Waals surface area contributed by atoms with E-state index < -0.39 is 11.7 Å². The highest BCUT2D eigenvalue weighted by Crippen LogP contribution is 2.33. The van der Waals surface area contributed by atoms with Crippen LogP contribution in [0.4, 0.5) is 19.0 Å². The number of rotatable bonds is 2. The van der Waals surface area contributed by atoms with Crippen molar-refractivity contribution in [3.05, 3.63) is 23.9 Å². The quantitative estimate of drug-likeness (QED) is 0.866. The van der Waals surface area contributed by atoms with Crippen LogP contribution in [0.25, 0.3) is 0 Å². The molecule has 1 aromatic rings. The van der Waals surface area contributed by atoms with E-state index in [1.165, 1.54) is 12.6 Å². The van der Waals surface area contributed by atoms with Gasteiger partial charge in [0.2, 0.25) is 0 Å². The number of pyridine rings is 1. The maximum absolute atomic E-state index is 12.6. The molecule has 1 aromatic heterocycles. The number of nitrogens with one attached hydrogen (secondary N) is 1. The lowest BCUT2D eigenvalue weighted by molar-refractivity contribution is -0.137. The van der Waals surface area contributed by atoms with Crippen molar-refractivity contribution < 1.29 is 13.2 Å². The van der Waals surface area contributed by atoms with Crippen LogP contribution in [0.5, 0.6) is 0 Å². The molecule has 0 bridgehead atoms. The predicted molar refractivity (Wildman–Crippen MR) is 68.8 cm³/mol. The second-order valence-corrected chi connectivity index (χ2v) is 5.45. The molecule has 5 heteroatoms. The SMILES string of the molecule is CC1CCCC(Nc2cc(C(F)(F)F)ccn2)C1C. The van der Waals surface area contributed by atoms with Gasteiger partial charge in [-0.25, -0.2) is 4.98 Å². The van der Waals surface area contributed by atoms with E-state index in [1.54, 1.807) is 0 Å². The number of hydrogen-bond acceptors (Lipinski definition) is 2. The van der Waals surface area contributed by atoms with E-state index in [4.69, 9.17) is 0 Å². The molecular formula is C14H19F3N2. The van der Waals surface area contributed by atoms with Gasteiger partial charge in [-0.1, -0.05) is 26.7 Å². The van der Waals surface area contributed by atoms with E-state index in [0.717, 1.165) is 25.0 Å². The standard InChI is InChI=1S/C14H19F3N2/c1-9-4-3-5-12(10(9)2)19-13-8-11(6-7-18-13)14(15,16)17/h6-10,12H,3-5H2,1-2H3,(H,18,19). The molecule has 2 nitrogen and oxygen atoms in total. The number of alkyl halides is 3. The highest BCUT2D eigenvalue weighted by Gasteiger charge is 2.31. The van der Waals surface area contributed by atoms with E-state index >= 15 is 0 Å². The maximum Gasteiger partial charge on any atom is 0.416 e. The molecule has 0 spiro atoms. The van der Waals surface area contributed by atoms with Gasteiger partial charge in [0, 0.05) is 12.2 Å². The van der Waals surface area contributed by atoms with Crippen LogP contribution in [0.1, 0.15) is 38.7 Å². The zero-order chi connectivity index (χ0) is 14.0. The van der Waals surface area contributed by atoms with Gasteiger partial charge in [0.1, 0.15) is 5.82 Å². The van der Waals surface area contributed by atoms with Gasteiger partial charge in [-0.2, -0.15) is 13.2 Å². The van der Waals surface area contributed by atoms with Gasteiger partial charge >= 0.3 is 6.18 Å². The summed E-state index contributed by atoms with van der Waals surface area (Å²) in [5.74, 6) is 1.36. The van der Waals surface area contributed by atoms with Crippen molar-refractivity contribution in [2.24, 2.45) is 11.8 Å². The molecule has 1 fully saturated rings. The topological polar surface area (TPSA) is 24.9 Å². The molecule has 3 atom stereocenters. The molecule has 106 valence electrons.